The van der Waals surface area contributed by atoms with E-state index < -0.39 is 12.0 Å². The summed E-state index contributed by atoms with van der Waals surface area (Å²) in [6, 6.07) is 12.9. The van der Waals surface area contributed by atoms with E-state index in [9.17, 15) is 14.4 Å². The molecule has 1 saturated heterocycles. The summed E-state index contributed by atoms with van der Waals surface area (Å²) in [6.07, 6.45) is 1.98. The van der Waals surface area contributed by atoms with E-state index in [2.05, 4.69) is 10.6 Å². The van der Waals surface area contributed by atoms with Crippen LogP contribution in [0.25, 0.3) is 0 Å². The van der Waals surface area contributed by atoms with E-state index >= 15 is 0 Å². The monoisotopic (exact) mass is 367 g/mol. The quantitative estimate of drug-likeness (QED) is 0.811. The third-order valence-corrected chi connectivity index (χ3v) is 4.38. The van der Waals surface area contributed by atoms with Crippen LogP contribution in [0.1, 0.15) is 33.6 Å². The average molecular weight is 367 g/mol. The molecule has 27 heavy (non-hydrogen) atoms. The van der Waals surface area contributed by atoms with Gasteiger partial charge in [-0.2, -0.15) is 0 Å². The van der Waals surface area contributed by atoms with Crippen LogP contribution in [0.15, 0.2) is 48.5 Å². The molecular formula is C20H21N3O4. The van der Waals surface area contributed by atoms with Crippen molar-refractivity contribution in [1.29, 1.82) is 0 Å². The first-order valence-corrected chi connectivity index (χ1v) is 8.74. The lowest BCUT2D eigenvalue weighted by Gasteiger charge is -2.18. The number of nitrogens with one attached hydrogen (secondary N) is 2. The zero-order chi connectivity index (χ0) is 19.2. The molecule has 0 radical (unpaired) electrons. The molecule has 140 valence electrons. The number of carbonyl (C=O) groups is 3. The molecule has 1 fully saturated rings. The second kappa shape index (κ2) is 8.35. The lowest BCUT2D eigenvalue weighted by molar-refractivity contribution is 0.0601. The van der Waals surface area contributed by atoms with Crippen LogP contribution in [0, 0.1) is 0 Å². The van der Waals surface area contributed by atoms with Gasteiger partial charge >= 0.3 is 12.0 Å². The molecule has 1 aliphatic heterocycles. The Morgan fingerprint density at radius 2 is 1.37 bits per heavy atom. The molecule has 2 N–H and O–H groups in total. The Labute approximate surface area is 157 Å². The number of carbonyl (C=O) groups excluding carboxylic acids is 3. The molecule has 3 rings (SSSR count). The van der Waals surface area contributed by atoms with Crippen molar-refractivity contribution in [3.8, 4) is 0 Å². The van der Waals surface area contributed by atoms with Crippen LogP contribution in [-0.2, 0) is 4.74 Å². The van der Waals surface area contributed by atoms with Crippen molar-refractivity contribution >= 4 is 29.3 Å². The standard InChI is InChI=1S/C20H21N3O4/c1-27-19(25)15-9-3-5-11-17(15)22-20(26)21-16-10-4-2-8-14(16)18(24)23-12-6-7-13-23/h2-5,8-11H,6-7,12-13H2,1H3,(H2,21,22,26). The SMILES string of the molecule is COC(=O)c1ccccc1NC(=O)Nc1ccccc1C(=O)N1CCCC1. The van der Waals surface area contributed by atoms with Crippen molar-refractivity contribution in [2.75, 3.05) is 30.8 Å². The lowest BCUT2D eigenvalue weighted by atomic mass is 10.1. The van der Waals surface area contributed by atoms with Crippen LogP contribution >= 0.6 is 0 Å². The molecule has 1 aliphatic rings. The summed E-state index contributed by atoms with van der Waals surface area (Å²) >= 11 is 0. The van der Waals surface area contributed by atoms with E-state index in [1.165, 1.54) is 7.11 Å². The predicted octanol–water partition coefficient (Wildman–Crippen LogP) is 3.35. The summed E-state index contributed by atoms with van der Waals surface area (Å²) in [4.78, 5) is 38.7. The molecular weight excluding hydrogens is 346 g/mol. The number of amides is 3. The van der Waals surface area contributed by atoms with Crippen LogP contribution in [0.5, 0.6) is 0 Å². The van der Waals surface area contributed by atoms with E-state index in [0.29, 0.717) is 16.9 Å². The Bertz CT molecular complexity index is 860. The summed E-state index contributed by atoms with van der Waals surface area (Å²) in [5, 5.41) is 5.33. The van der Waals surface area contributed by atoms with Gasteiger partial charge in [-0.1, -0.05) is 24.3 Å². The molecule has 0 spiro atoms. The summed E-state index contributed by atoms with van der Waals surface area (Å²) in [6.45, 7) is 1.46. The van der Waals surface area contributed by atoms with E-state index in [1.54, 1.807) is 53.4 Å². The first-order valence-electron chi connectivity index (χ1n) is 8.74. The number of nitrogens with zero attached hydrogens (tertiary/aromatic N) is 1. The van der Waals surface area contributed by atoms with Crippen molar-refractivity contribution in [1.82, 2.24) is 4.90 Å². The fourth-order valence-electron chi connectivity index (χ4n) is 3.03. The summed E-state index contributed by atoms with van der Waals surface area (Å²) in [5.74, 6) is -0.645. The third-order valence-electron chi connectivity index (χ3n) is 4.38. The second-order valence-corrected chi connectivity index (χ2v) is 6.16. The fraction of sp³-hybridized carbons (Fsp3) is 0.250. The minimum absolute atomic E-state index is 0.0987. The maximum absolute atomic E-state index is 12.7. The first-order chi connectivity index (χ1) is 13.1. The average Bonchev–Trinajstić information content (AvgIpc) is 3.22. The number of urea groups is 1. The van der Waals surface area contributed by atoms with Crippen LogP contribution in [-0.4, -0.2) is 43.0 Å². The molecule has 0 saturated carbocycles. The Balaban J connectivity index is 1.76. The normalized spacial score (nSPS) is 13.1. The van der Waals surface area contributed by atoms with Gasteiger partial charge in [0, 0.05) is 13.1 Å². The molecule has 0 aliphatic carbocycles. The fourth-order valence-corrected chi connectivity index (χ4v) is 3.03. The second-order valence-electron chi connectivity index (χ2n) is 6.16. The number of rotatable bonds is 4. The molecule has 0 unspecified atom stereocenters. The van der Waals surface area contributed by atoms with Crippen LogP contribution in [0.3, 0.4) is 0 Å². The Kier molecular flexibility index (Phi) is 5.71. The summed E-state index contributed by atoms with van der Waals surface area (Å²) < 4.78 is 4.72. The molecule has 1 heterocycles. The lowest BCUT2D eigenvalue weighted by Crippen LogP contribution is -2.29. The van der Waals surface area contributed by atoms with Gasteiger partial charge in [-0.15, -0.1) is 0 Å². The number of benzene rings is 2. The predicted molar refractivity (Wildman–Crippen MR) is 102 cm³/mol. The molecule has 2 aromatic rings. The highest BCUT2D eigenvalue weighted by Crippen LogP contribution is 2.21. The van der Waals surface area contributed by atoms with Crippen molar-refractivity contribution in [3.63, 3.8) is 0 Å². The van der Waals surface area contributed by atoms with Crippen molar-refractivity contribution in [2.24, 2.45) is 0 Å². The number of esters is 1. The van der Waals surface area contributed by atoms with Gasteiger partial charge in [0.25, 0.3) is 5.91 Å². The minimum atomic E-state index is -0.548. The van der Waals surface area contributed by atoms with Gasteiger partial charge in [-0.3, -0.25) is 4.79 Å². The number of para-hydroxylation sites is 2. The van der Waals surface area contributed by atoms with E-state index in [0.717, 1.165) is 25.9 Å². The van der Waals surface area contributed by atoms with Gasteiger partial charge < -0.3 is 20.3 Å². The highest BCUT2D eigenvalue weighted by Gasteiger charge is 2.22. The van der Waals surface area contributed by atoms with Crippen LogP contribution in [0.2, 0.25) is 0 Å². The number of anilines is 2. The molecule has 2 aromatic carbocycles. The minimum Gasteiger partial charge on any atom is -0.465 e. The topological polar surface area (TPSA) is 87.7 Å². The zero-order valence-corrected chi connectivity index (χ0v) is 15.0. The molecule has 3 amide bonds. The Morgan fingerprint density at radius 1 is 0.852 bits per heavy atom. The number of hydrogen-bond acceptors (Lipinski definition) is 4. The molecule has 0 atom stereocenters. The molecule has 0 aromatic heterocycles. The molecule has 7 heteroatoms. The highest BCUT2D eigenvalue weighted by molar-refractivity contribution is 6.08. The van der Waals surface area contributed by atoms with Gasteiger partial charge in [0.2, 0.25) is 0 Å². The van der Waals surface area contributed by atoms with Crippen molar-refractivity contribution < 1.29 is 19.1 Å². The van der Waals surface area contributed by atoms with E-state index in [-0.39, 0.29) is 11.5 Å². The van der Waals surface area contributed by atoms with Gasteiger partial charge in [0.1, 0.15) is 0 Å². The van der Waals surface area contributed by atoms with Crippen molar-refractivity contribution in [2.45, 2.75) is 12.8 Å². The number of hydrogen-bond donors (Lipinski definition) is 2. The maximum Gasteiger partial charge on any atom is 0.339 e. The maximum atomic E-state index is 12.7. The number of methoxy groups -OCH3 is 1. The first kappa shape index (κ1) is 18.4. The van der Waals surface area contributed by atoms with Gasteiger partial charge in [0.15, 0.2) is 0 Å². The van der Waals surface area contributed by atoms with Gasteiger partial charge in [-0.25, -0.2) is 9.59 Å². The Hall–Kier alpha value is -3.35. The third kappa shape index (κ3) is 4.25. The van der Waals surface area contributed by atoms with Gasteiger partial charge in [0.05, 0.1) is 29.6 Å². The summed E-state index contributed by atoms with van der Waals surface area (Å²) in [7, 11) is 1.28. The van der Waals surface area contributed by atoms with Gasteiger partial charge in [-0.05, 0) is 37.1 Å². The number of likely N-dealkylation sites (tertiary alicyclic amines) is 1. The largest absolute Gasteiger partial charge is 0.465 e. The Morgan fingerprint density at radius 3 is 1.96 bits per heavy atom. The van der Waals surface area contributed by atoms with Crippen LogP contribution in [0.4, 0.5) is 16.2 Å². The van der Waals surface area contributed by atoms with Crippen molar-refractivity contribution in [3.05, 3.63) is 59.7 Å². The van der Waals surface area contributed by atoms with Crippen LogP contribution < -0.4 is 10.6 Å². The molecule has 7 nitrogen and oxygen atoms in total. The molecule has 0 bridgehead atoms. The zero-order valence-electron chi connectivity index (χ0n) is 15.0. The smallest absolute Gasteiger partial charge is 0.339 e. The summed E-state index contributed by atoms with van der Waals surface area (Å²) in [5.41, 5.74) is 1.43. The van der Waals surface area contributed by atoms with E-state index in [1.807, 2.05) is 0 Å². The highest BCUT2D eigenvalue weighted by atomic mass is 16.5. The number of ether oxygens (including phenoxy) is 1. The van der Waals surface area contributed by atoms with E-state index in [4.69, 9.17) is 4.74 Å².